The number of unbranched alkanes of at least 4 members (excludes halogenated alkanes) is 49. The van der Waals surface area contributed by atoms with Crippen molar-refractivity contribution < 1.29 is 106 Å². The van der Waals surface area contributed by atoms with E-state index >= 15 is 4.79 Å². The Kier molecular flexibility index (Phi) is 71.6. The lowest BCUT2D eigenvalue weighted by Gasteiger charge is -2.46. The Bertz CT molecular complexity index is 2600. The summed E-state index contributed by atoms with van der Waals surface area (Å²) in [5, 5.41) is 63.3. The van der Waals surface area contributed by atoms with E-state index in [1.165, 1.54) is 96.3 Å². The number of aliphatic hydroxyl groups excluding tert-OH is 5. The van der Waals surface area contributed by atoms with Gasteiger partial charge in [0.15, 0.2) is 24.8 Å². The number of amides is 2. The molecule has 10 unspecified atom stereocenters. The molecule has 0 spiro atoms. The van der Waals surface area contributed by atoms with Gasteiger partial charge in [-0.05, 0) is 77.0 Å². The number of rotatable bonds is 83. The van der Waals surface area contributed by atoms with Crippen LogP contribution in [0.25, 0.3) is 0 Å². The van der Waals surface area contributed by atoms with E-state index in [1.807, 2.05) is 0 Å². The molecule has 14 atom stereocenters. The second-order valence-electron chi connectivity index (χ2n) is 35.3. The molecule has 0 radical (unpaired) electrons. The molecule has 0 aromatic heterocycles. The first-order chi connectivity index (χ1) is 58.6. The second kappa shape index (κ2) is 76.4. The fraction of sp³-hybridized carbons (Fsp3) is 0.917. The summed E-state index contributed by atoms with van der Waals surface area (Å²) in [6.07, 6.45) is 41.9. The zero-order valence-electron chi connectivity index (χ0n) is 77.0. The summed E-state index contributed by atoms with van der Waals surface area (Å²) in [5.74, 6) is -4.58. The molecule has 2 aliphatic rings. The third kappa shape index (κ3) is 60.7. The summed E-state index contributed by atoms with van der Waals surface area (Å²) in [5.41, 5.74) is 0. The van der Waals surface area contributed by atoms with Crippen LogP contribution in [0.15, 0.2) is 12.2 Å². The Morgan fingerprint density at radius 3 is 1.11 bits per heavy atom. The van der Waals surface area contributed by atoms with Crippen LogP contribution in [0, 0.1) is 0 Å². The van der Waals surface area contributed by atoms with Crippen molar-refractivity contribution in [2.45, 2.75) is 551 Å². The van der Waals surface area contributed by atoms with Gasteiger partial charge in [-0.1, -0.05) is 362 Å². The number of carbonyl (C=O) groups excluding carboxylic acids is 6. The van der Waals surface area contributed by atoms with Crippen LogP contribution in [0.2, 0.25) is 0 Å². The van der Waals surface area contributed by atoms with Gasteiger partial charge in [-0.15, -0.1) is 0 Å². The quantitative estimate of drug-likeness (QED) is 0.00898. The first-order valence-corrected chi connectivity index (χ1v) is 51.2. The van der Waals surface area contributed by atoms with Gasteiger partial charge in [-0.3, -0.25) is 33.3 Å². The Labute approximate surface area is 733 Å². The molecule has 0 aromatic rings. The SMILES string of the molecule is CCCCCC/C=C\CCCCCCCC(=O)OC(CCCCCCCCCCC)CC(=O)N[C@H]1C(OC(=O)CC(CCCCCCCCCCC)OC(=O)CCCCCCCCCCC)C(OP(=O)(O)O)C(CO)O[C@H]1OCC1OC(O)[C@@H](NC(=O)CC(O)CCCCCCCCCCC)C(OC(=O)CC(O)CCCCCCCCCCC)[C@@H]1O. The van der Waals surface area contributed by atoms with E-state index in [-0.39, 0.29) is 25.7 Å². The predicted molar refractivity (Wildman–Crippen MR) is 479 cm³/mol. The van der Waals surface area contributed by atoms with Crippen LogP contribution >= 0.6 is 7.82 Å². The van der Waals surface area contributed by atoms with Gasteiger partial charge in [0.05, 0.1) is 51.1 Å². The minimum Gasteiger partial charge on any atom is -0.462 e. The number of esters is 4. The first kappa shape index (κ1) is 113. The summed E-state index contributed by atoms with van der Waals surface area (Å²) < 4.78 is 61.8. The molecule has 24 nitrogen and oxygen atoms in total. The number of hydrogen-bond donors (Lipinski definition) is 9. The highest BCUT2D eigenvalue weighted by molar-refractivity contribution is 7.46. The van der Waals surface area contributed by atoms with Gasteiger partial charge in [0, 0.05) is 12.8 Å². The van der Waals surface area contributed by atoms with Crippen molar-refractivity contribution in [3.8, 4) is 0 Å². The van der Waals surface area contributed by atoms with E-state index in [1.54, 1.807) is 0 Å². The van der Waals surface area contributed by atoms with Gasteiger partial charge < -0.3 is 79.1 Å². The Hall–Kier alpha value is -3.65. The molecule has 2 amide bonds. The zero-order chi connectivity index (χ0) is 88.6. The van der Waals surface area contributed by atoms with Gasteiger partial charge in [0.2, 0.25) is 11.8 Å². The van der Waals surface area contributed by atoms with E-state index in [4.69, 9.17) is 37.7 Å². The highest BCUT2D eigenvalue weighted by Crippen LogP contribution is 2.43. The van der Waals surface area contributed by atoms with Crippen molar-refractivity contribution in [1.82, 2.24) is 10.6 Å². The third-order valence-electron chi connectivity index (χ3n) is 23.8. The molecule has 121 heavy (non-hydrogen) atoms. The molecular weight excluding hydrogens is 1560 g/mol. The van der Waals surface area contributed by atoms with Crippen molar-refractivity contribution in [3.63, 3.8) is 0 Å². The lowest BCUT2D eigenvalue weighted by Crippen LogP contribution is -2.68. The third-order valence-corrected chi connectivity index (χ3v) is 24.3. The summed E-state index contributed by atoms with van der Waals surface area (Å²) in [6.45, 7) is 11.2. The fourth-order valence-electron chi connectivity index (χ4n) is 16.4. The molecule has 0 aliphatic carbocycles. The number of hydrogen-bond acceptors (Lipinski definition) is 20. The summed E-state index contributed by atoms with van der Waals surface area (Å²) >= 11 is 0. The topological polar surface area (TPSA) is 359 Å². The molecule has 2 heterocycles. The molecule has 0 aromatic carbocycles. The smallest absolute Gasteiger partial charge is 0.462 e. The minimum atomic E-state index is -5.62. The molecule has 2 rings (SSSR count). The molecule has 2 fully saturated rings. The zero-order valence-corrected chi connectivity index (χ0v) is 77.9. The lowest BCUT2D eigenvalue weighted by atomic mass is 9.95. The number of allylic oxidation sites excluding steroid dienone is 2. The Morgan fingerprint density at radius 1 is 0.372 bits per heavy atom. The highest BCUT2D eigenvalue weighted by Gasteiger charge is 2.54. The standard InChI is InChI=1S/C96H179N2O22P/c1-7-13-19-25-31-37-38-39-40-46-52-58-63-69-85(104)114-79(67-61-55-49-43-34-28-22-16-10-4)73-84(103)98-90-94(119-88(107)74-80(68-62-56-50-44-35-29-23-17-11-5)115-86(105)70-64-57-51-45-36-30-24-18-12-6)92(120-121(110,111)112)81(75-99)117-96(90)113-76-82-91(108)93(118-87(106)72-78(101)66-60-54-48-42-33-27-21-15-9-3)89(95(109)116-82)97-83(102)71-77(100)65-59-53-47-41-32-26-20-14-8-2/h37-38,77-82,89-96,99-101,108-109H,7-36,39-76H2,1-6H3,(H,97,102)(H,98,103)(H2,110,111,112)/b38-37-/t77?,78?,79?,80?,81?,82?,89-,90-,91+,92?,93?,94?,95?,96+/m0/s1. The number of phosphoric acid groups is 1. The maximum absolute atomic E-state index is 15.1. The van der Waals surface area contributed by atoms with Crippen LogP contribution in [-0.4, -0.2) is 170 Å². The molecule has 710 valence electrons. The van der Waals surface area contributed by atoms with Crippen molar-refractivity contribution in [1.29, 1.82) is 0 Å². The lowest BCUT2D eigenvalue weighted by molar-refractivity contribution is -0.298. The van der Waals surface area contributed by atoms with Crippen LogP contribution in [0.3, 0.4) is 0 Å². The Balaban J connectivity index is 2.73. The van der Waals surface area contributed by atoms with Gasteiger partial charge in [-0.25, -0.2) is 4.57 Å². The van der Waals surface area contributed by atoms with Gasteiger partial charge in [0.25, 0.3) is 0 Å². The van der Waals surface area contributed by atoms with Gasteiger partial charge >= 0.3 is 31.7 Å². The van der Waals surface area contributed by atoms with Crippen LogP contribution in [0.1, 0.15) is 465 Å². The van der Waals surface area contributed by atoms with E-state index < -0.39 is 168 Å². The van der Waals surface area contributed by atoms with Crippen molar-refractivity contribution >= 4 is 43.5 Å². The normalized spacial score (nSPS) is 20.4. The monoisotopic (exact) mass is 1740 g/mol. The highest BCUT2D eigenvalue weighted by atomic mass is 31.2. The van der Waals surface area contributed by atoms with E-state index in [0.29, 0.717) is 51.4 Å². The molecular formula is C96H179N2O22P. The first-order valence-electron chi connectivity index (χ1n) is 49.6. The van der Waals surface area contributed by atoms with E-state index in [9.17, 15) is 63.9 Å². The number of nitrogens with one attached hydrogen (secondary N) is 2. The van der Waals surface area contributed by atoms with Gasteiger partial charge in [0.1, 0.15) is 48.7 Å². The molecule has 0 bridgehead atoms. The summed E-state index contributed by atoms with van der Waals surface area (Å²) in [4.78, 5) is 107. The fourth-order valence-corrected chi connectivity index (χ4v) is 17.0. The molecule has 2 aliphatic heterocycles. The van der Waals surface area contributed by atoms with Crippen LogP contribution in [-0.2, 0) is 71.0 Å². The maximum Gasteiger partial charge on any atom is 0.470 e. The van der Waals surface area contributed by atoms with Gasteiger partial charge in [-0.2, -0.15) is 0 Å². The van der Waals surface area contributed by atoms with Crippen molar-refractivity contribution in [2.24, 2.45) is 0 Å². The molecule has 2 saturated heterocycles. The Morgan fingerprint density at radius 2 is 0.702 bits per heavy atom. The van der Waals surface area contributed by atoms with E-state index in [2.05, 4.69) is 64.3 Å². The minimum absolute atomic E-state index is 0.108. The molecule has 25 heteroatoms. The van der Waals surface area contributed by atoms with Crippen LogP contribution in [0.5, 0.6) is 0 Å². The summed E-state index contributed by atoms with van der Waals surface area (Å²) in [6, 6.07) is -3.47. The largest absolute Gasteiger partial charge is 0.470 e. The number of carbonyl (C=O) groups is 6. The average molecular weight is 1740 g/mol. The van der Waals surface area contributed by atoms with Crippen LogP contribution < -0.4 is 10.6 Å². The average Bonchev–Trinajstić information content (AvgIpc) is 0.791. The summed E-state index contributed by atoms with van der Waals surface area (Å²) in [7, 11) is -5.62. The van der Waals surface area contributed by atoms with E-state index in [0.717, 1.165) is 225 Å². The molecule has 0 saturated carbocycles. The second-order valence-corrected chi connectivity index (χ2v) is 36.5. The number of phosphoric ester groups is 1. The number of aliphatic hydroxyl groups is 5. The predicted octanol–water partition coefficient (Wildman–Crippen LogP) is 21.0. The van der Waals surface area contributed by atoms with Crippen molar-refractivity contribution in [3.05, 3.63) is 12.2 Å². The van der Waals surface area contributed by atoms with Crippen LogP contribution in [0.4, 0.5) is 0 Å². The molecule has 9 N–H and O–H groups in total. The number of ether oxygens (including phenoxy) is 7. The van der Waals surface area contributed by atoms with Crippen molar-refractivity contribution in [2.75, 3.05) is 13.2 Å². The maximum atomic E-state index is 15.1.